The maximum absolute atomic E-state index is 2.21. The minimum Gasteiger partial charge on any atom is -0.113 e. The lowest BCUT2D eigenvalue weighted by molar-refractivity contribution is 0.528. The number of thioether (sulfide) groups is 12. The second-order valence-electron chi connectivity index (χ2n) is 6.80. The predicted molar refractivity (Wildman–Crippen MR) is 161 cm³/mol. The molecule has 1 fully saturated rings. The van der Waals surface area contributed by atoms with Gasteiger partial charge in [0, 0.05) is 10.5 Å². The molecule has 0 bridgehead atoms. The Morgan fingerprint density at radius 1 is 0.433 bits per heavy atom. The SMILES string of the molecule is C1=CSC2=C(S1)SC(=C1SC3=C(S1)SC(=C1SC4=C(S1)S[C@@H]1CCCC[C@@H]1S4)S3)S2. The number of rotatable bonds is 0. The van der Waals surface area contributed by atoms with Crippen molar-refractivity contribution in [3.05, 3.63) is 53.2 Å². The highest BCUT2D eigenvalue weighted by Crippen LogP contribution is 2.74. The molecule has 2 atom stereocenters. The summed E-state index contributed by atoms with van der Waals surface area (Å²) in [5.74, 6) is 0. The summed E-state index contributed by atoms with van der Waals surface area (Å²) in [4.78, 5) is 0. The number of hydrogen-bond acceptors (Lipinski definition) is 12. The van der Waals surface area contributed by atoms with Crippen molar-refractivity contribution >= 4 is 141 Å². The van der Waals surface area contributed by atoms with Gasteiger partial charge in [0.2, 0.25) is 0 Å². The summed E-state index contributed by atoms with van der Waals surface area (Å²) in [6.07, 6.45) is 5.70. The lowest BCUT2D eigenvalue weighted by Crippen LogP contribution is -2.26. The van der Waals surface area contributed by atoms with Crippen molar-refractivity contribution in [2.24, 2.45) is 0 Å². The first-order chi connectivity index (χ1) is 14.8. The molecule has 156 valence electrons. The zero-order chi connectivity index (χ0) is 19.7. The molecular weight excluding hydrogens is 601 g/mol. The molecule has 7 rings (SSSR count). The van der Waals surface area contributed by atoms with Gasteiger partial charge in [0.05, 0.1) is 42.4 Å². The van der Waals surface area contributed by atoms with E-state index in [9.17, 15) is 0 Å². The van der Waals surface area contributed by atoms with Crippen LogP contribution in [0.3, 0.4) is 0 Å². The molecule has 0 spiro atoms. The van der Waals surface area contributed by atoms with Gasteiger partial charge in [0.15, 0.2) is 0 Å². The first-order valence-corrected chi connectivity index (χ1v) is 19.3. The van der Waals surface area contributed by atoms with Crippen LogP contribution in [0, 0.1) is 0 Å². The van der Waals surface area contributed by atoms with Gasteiger partial charge in [-0.3, -0.25) is 0 Å². The molecule has 0 nitrogen and oxygen atoms in total. The molecule has 6 aliphatic heterocycles. The third-order valence-electron chi connectivity index (χ3n) is 4.88. The third kappa shape index (κ3) is 4.14. The van der Waals surface area contributed by atoms with Crippen molar-refractivity contribution < 1.29 is 0 Å². The molecule has 0 amide bonds. The molecule has 0 aromatic carbocycles. The van der Waals surface area contributed by atoms with Crippen LogP contribution >= 0.6 is 141 Å². The second-order valence-corrected chi connectivity index (χ2v) is 21.9. The van der Waals surface area contributed by atoms with Crippen molar-refractivity contribution in [2.45, 2.75) is 36.2 Å². The van der Waals surface area contributed by atoms with Crippen LogP contribution in [-0.2, 0) is 0 Å². The van der Waals surface area contributed by atoms with E-state index in [-0.39, 0.29) is 0 Å². The Morgan fingerprint density at radius 3 is 1.17 bits per heavy atom. The van der Waals surface area contributed by atoms with Crippen molar-refractivity contribution in [3.8, 4) is 0 Å². The molecule has 30 heavy (non-hydrogen) atoms. The van der Waals surface area contributed by atoms with Gasteiger partial charge in [0.25, 0.3) is 0 Å². The average molecular weight is 613 g/mol. The normalized spacial score (nSPS) is 33.1. The van der Waals surface area contributed by atoms with E-state index in [1.807, 2.05) is 94.1 Å². The first-order valence-electron chi connectivity index (χ1n) is 9.26. The van der Waals surface area contributed by atoms with Crippen LogP contribution in [0.2, 0.25) is 0 Å². The zero-order valence-electron chi connectivity index (χ0n) is 15.0. The number of hydrogen-bond donors (Lipinski definition) is 0. The third-order valence-corrected chi connectivity index (χ3v) is 23.1. The van der Waals surface area contributed by atoms with E-state index in [4.69, 9.17) is 0 Å². The minimum atomic E-state index is 0.861. The summed E-state index contributed by atoms with van der Waals surface area (Å²) >= 11 is 24.3. The average Bonchev–Trinajstić information content (AvgIpc) is 3.51. The van der Waals surface area contributed by atoms with Gasteiger partial charge in [-0.05, 0) is 23.7 Å². The van der Waals surface area contributed by atoms with Crippen LogP contribution in [0.15, 0.2) is 53.2 Å². The Labute approximate surface area is 227 Å². The molecular formula is C18H12S12. The maximum atomic E-state index is 2.21. The van der Waals surface area contributed by atoms with Crippen LogP contribution in [0.5, 0.6) is 0 Å². The molecule has 0 aromatic heterocycles. The van der Waals surface area contributed by atoms with Crippen LogP contribution in [0.1, 0.15) is 25.7 Å². The van der Waals surface area contributed by atoms with E-state index in [0.717, 1.165) is 10.5 Å². The Hall–Kier alpha value is 2.64. The van der Waals surface area contributed by atoms with E-state index in [1.54, 1.807) is 12.7 Å². The van der Waals surface area contributed by atoms with Crippen molar-refractivity contribution in [1.29, 1.82) is 0 Å². The fraction of sp³-hybridized carbons (Fsp3) is 0.333. The molecule has 0 aromatic rings. The zero-order valence-corrected chi connectivity index (χ0v) is 24.8. The fourth-order valence-electron chi connectivity index (χ4n) is 3.54. The standard InChI is InChI=1S/C18H12S12/c1-2-4-8-7(3-1)21-11-12(22-8)26-15(25-11)16-29-17-18(30-16)28-14(27-17)13-23-9-10(24-13)20-6-5-19-9/h5-8H,1-4H2/t7-,8+. The van der Waals surface area contributed by atoms with Gasteiger partial charge in [-0.25, -0.2) is 0 Å². The Balaban J connectivity index is 1.03. The van der Waals surface area contributed by atoms with Crippen LogP contribution in [0.25, 0.3) is 0 Å². The van der Waals surface area contributed by atoms with Gasteiger partial charge in [-0.15, -0.1) is 23.5 Å². The molecule has 0 N–H and O–H groups in total. The smallest absolute Gasteiger partial charge is 0.0718 e. The number of fused-ring (bicyclic) bond motifs is 1. The molecule has 1 saturated carbocycles. The van der Waals surface area contributed by atoms with Gasteiger partial charge in [0.1, 0.15) is 0 Å². The van der Waals surface area contributed by atoms with E-state index in [0.29, 0.717) is 0 Å². The maximum Gasteiger partial charge on any atom is 0.0718 e. The van der Waals surface area contributed by atoms with Gasteiger partial charge < -0.3 is 0 Å². The summed E-state index contributed by atoms with van der Waals surface area (Å²) in [6, 6.07) is 0. The summed E-state index contributed by atoms with van der Waals surface area (Å²) in [6.45, 7) is 0. The molecule has 0 radical (unpaired) electrons. The van der Waals surface area contributed by atoms with E-state index >= 15 is 0 Å². The van der Waals surface area contributed by atoms with Gasteiger partial charge in [-0.1, -0.05) is 130 Å². The summed E-state index contributed by atoms with van der Waals surface area (Å²) in [7, 11) is 0. The van der Waals surface area contributed by atoms with Crippen LogP contribution in [0.4, 0.5) is 0 Å². The fourth-order valence-corrected chi connectivity index (χ4v) is 22.6. The summed E-state index contributed by atoms with van der Waals surface area (Å²) < 4.78 is 15.2. The van der Waals surface area contributed by atoms with Gasteiger partial charge >= 0.3 is 0 Å². The lowest BCUT2D eigenvalue weighted by Gasteiger charge is -2.34. The van der Waals surface area contributed by atoms with E-state index in [1.165, 1.54) is 55.3 Å². The van der Waals surface area contributed by atoms with Crippen molar-refractivity contribution in [1.82, 2.24) is 0 Å². The van der Waals surface area contributed by atoms with E-state index < -0.39 is 0 Å². The molecule has 6 heterocycles. The minimum absolute atomic E-state index is 0.861. The van der Waals surface area contributed by atoms with Crippen molar-refractivity contribution in [3.63, 3.8) is 0 Å². The topological polar surface area (TPSA) is 0 Å². The molecule has 7 aliphatic rings. The van der Waals surface area contributed by atoms with Crippen molar-refractivity contribution in [2.75, 3.05) is 0 Å². The van der Waals surface area contributed by atoms with Gasteiger partial charge in [-0.2, -0.15) is 0 Å². The summed E-state index contributed by atoms with van der Waals surface area (Å²) in [5.41, 5.74) is 0. The molecule has 12 heteroatoms. The highest BCUT2D eigenvalue weighted by Gasteiger charge is 2.41. The Bertz CT molecular complexity index is 956. The first kappa shape index (κ1) is 21.9. The van der Waals surface area contributed by atoms with Crippen LogP contribution < -0.4 is 0 Å². The largest absolute Gasteiger partial charge is 0.113 e. The highest BCUT2D eigenvalue weighted by molar-refractivity contribution is 8.51. The molecule has 0 saturated heterocycles. The second kappa shape index (κ2) is 9.26. The predicted octanol–water partition coefficient (Wildman–Crippen LogP) is 11.3. The Kier molecular flexibility index (Phi) is 6.75. The Morgan fingerprint density at radius 2 is 0.767 bits per heavy atom. The lowest BCUT2D eigenvalue weighted by atomic mass is 10.00. The molecule has 0 unspecified atom stereocenters. The van der Waals surface area contributed by atoms with E-state index in [2.05, 4.69) is 57.9 Å². The van der Waals surface area contributed by atoms with Crippen LogP contribution in [-0.4, -0.2) is 10.5 Å². The quantitative estimate of drug-likeness (QED) is 0.255. The molecule has 1 aliphatic carbocycles. The summed E-state index contributed by atoms with van der Waals surface area (Å²) in [5, 5.41) is 6.13. The highest BCUT2D eigenvalue weighted by atomic mass is 32.3. The monoisotopic (exact) mass is 612 g/mol.